The maximum atomic E-state index is 13.2. The van der Waals surface area contributed by atoms with Gasteiger partial charge in [0.05, 0.1) is 0 Å². The van der Waals surface area contributed by atoms with Gasteiger partial charge in [-0.3, -0.25) is 9.59 Å². The summed E-state index contributed by atoms with van der Waals surface area (Å²) in [7, 11) is 0. The van der Waals surface area contributed by atoms with E-state index >= 15 is 0 Å². The van der Waals surface area contributed by atoms with E-state index in [1.54, 1.807) is 10.3 Å². The first-order valence-corrected chi connectivity index (χ1v) is 9.73. The number of benzene rings is 1. The van der Waals surface area contributed by atoms with Crippen molar-refractivity contribution in [1.82, 2.24) is 19.8 Å². The first-order chi connectivity index (χ1) is 12.4. The number of rotatable bonds is 7. The highest BCUT2D eigenvalue weighted by Gasteiger charge is 2.43. The van der Waals surface area contributed by atoms with Crippen LogP contribution in [-0.2, 0) is 4.79 Å². The maximum absolute atomic E-state index is 13.2. The van der Waals surface area contributed by atoms with Gasteiger partial charge in [0.25, 0.3) is 5.91 Å². The summed E-state index contributed by atoms with van der Waals surface area (Å²) in [5, 5.41) is 8.65. The second-order valence-corrected chi connectivity index (χ2v) is 7.88. The molecular formula is C19H24N4O2S. The fourth-order valence-corrected chi connectivity index (χ4v) is 3.23. The third kappa shape index (κ3) is 4.09. The van der Waals surface area contributed by atoms with Crippen molar-refractivity contribution in [1.29, 1.82) is 0 Å². The zero-order chi connectivity index (χ0) is 18.7. The molecular weight excluding hydrogens is 348 g/mol. The highest BCUT2D eigenvalue weighted by atomic mass is 32.1. The molecule has 2 amide bonds. The standard InChI is InChI=1S/C19H24N4O2S/c1-4-19(2,3)20-17(24)16(13-8-6-5-7-9-13)23(14-10-11-14)18(25)15-12-26-22-21-15/h5-9,12,14,16H,4,10-11H2,1-3H3,(H,20,24)/t16-/m0/s1. The smallest absolute Gasteiger partial charge is 0.276 e. The Morgan fingerprint density at radius 1 is 1.31 bits per heavy atom. The van der Waals surface area contributed by atoms with Crippen LogP contribution in [-0.4, -0.2) is 37.9 Å². The van der Waals surface area contributed by atoms with E-state index in [1.165, 1.54) is 0 Å². The van der Waals surface area contributed by atoms with Crippen LogP contribution in [0.4, 0.5) is 0 Å². The van der Waals surface area contributed by atoms with Gasteiger partial charge < -0.3 is 10.2 Å². The van der Waals surface area contributed by atoms with Crippen molar-refractivity contribution in [2.24, 2.45) is 0 Å². The second kappa shape index (κ2) is 7.53. The Kier molecular flexibility index (Phi) is 5.36. The van der Waals surface area contributed by atoms with Crippen LogP contribution in [0.25, 0.3) is 0 Å². The molecule has 1 aliphatic carbocycles. The van der Waals surface area contributed by atoms with E-state index in [0.717, 1.165) is 36.4 Å². The van der Waals surface area contributed by atoms with Crippen molar-refractivity contribution in [3.8, 4) is 0 Å². The molecule has 1 saturated carbocycles. The van der Waals surface area contributed by atoms with Crippen LogP contribution < -0.4 is 5.32 Å². The molecule has 1 N–H and O–H groups in total. The van der Waals surface area contributed by atoms with E-state index in [9.17, 15) is 9.59 Å². The average molecular weight is 372 g/mol. The zero-order valence-corrected chi connectivity index (χ0v) is 16.1. The van der Waals surface area contributed by atoms with Crippen molar-refractivity contribution in [2.45, 2.75) is 57.7 Å². The minimum Gasteiger partial charge on any atom is -0.349 e. The Bertz CT molecular complexity index is 757. The first-order valence-electron chi connectivity index (χ1n) is 8.89. The van der Waals surface area contributed by atoms with Crippen molar-refractivity contribution >= 4 is 23.3 Å². The van der Waals surface area contributed by atoms with Gasteiger partial charge in [-0.1, -0.05) is 41.7 Å². The molecule has 0 spiro atoms. The van der Waals surface area contributed by atoms with Gasteiger partial charge in [0, 0.05) is 17.0 Å². The fourth-order valence-electron chi connectivity index (χ4n) is 2.80. The van der Waals surface area contributed by atoms with Crippen LogP contribution >= 0.6 is 11.5 Å². The summed E-state index contributed by atoms with van der Waals surface area (Å²) >= 11 is 1.14. The first kappa shape index (κ1) is 18.5. The highest BCUT2D eigenvalue weighted by Crippen LogP contribution is 2.36. The molecule has 6 nitrogen and oxygen atoms in total. The predicted molar refractivity (Wildman–Crippen MR) is 101 cm³/mol. The van der Waals surface area contributed by atoms with E-state index < -0.39 is 6.04 Å². The van der Waals surface area contributed by atoms with Gasteiger partial charge in [0.2, 0.25) is 5.91 Å². The van der Waals surface area contributed by atoms with Gasteiger partial charge in [0.15, 0.2) is 5.69 Å². The van der Waals surface area contributed by atoms with Gasteiger partial charge in [-0.05, 0) is 50.2 Å². The predicted octanol–water partition coefficient (Wildman–Crippen LogP) is 3.19. The zero-order valence-electron chi connectivity index (χ0n) is 15.3. The highest BCUT2D eigenvalue weighted by molar-refractivity contribution is 7.03. The van der Waals surface area contributed by atoms with Crippen LogP contribution in [0.3, 0.4) is 0 Å². The lowest BCUT2D eigenvalue weighted by molar-refractivity contribution is -0.127. The Hall–Kier alpha value is -2.28. The Morgan fingerprint density at radius 3 is 2.54 bits per heavy atom. The van der Waals surface area contributed by atoms with Gasteiger partial charge in [0.1, 0.15) is 6.04 Å². The molecule has 7 heteroatoms. The van der Waals surface area contributed by atoms with Crippen molar-refractivity contribution in [3.63, 3.8) is 0 Å². The topological polar surface area (TPSA) is 75.2 Å². The van der Waals surface area contributed by atoms with Crippen molar-refractivity contribution in [3.05, 3.63) is 47.0 Å². The molecule has 0 radical (unpaired) electrons. The molecule has 1 atom stereocenters. The van der Waals surface area contributed by atoms with Gasteiger partial charge in [-0.2, -0.15) is 0 Å². The molecule has 1 aromatic heterocycles. The van der Waals surface area contributed by atoms with Crippen molar-refractivity contribution in [2.75, 3.05) is 0 Å². The molecule has 1 aromatic carbocycles. The minimum atomic E-state index is -0.677. The second-order valence-electron chi connectivity index (χ2n) is 7.27. The molecule has 3 rings (SSSR count). The summed E-state index contributed by atoms with van der Waals surface area (Å²) < 4.78 is 3.80. The molecule has 0 bridgehead atoms. The van der Waals surface area contributed by atoms with E-state index in [2.05, 4.69) is 14.9 Å². The number of hydrogen-bond acceptors (Lipinski definition) is 5. The monoisotopic (exact) mass is 372 g/mol. The lowest BCUT2D eigenvalue weighted by Crippen LogP contribution is -2.51. The summed E-state index contributed by atoms with van der Waals surface area (Å²) in [5.41, 5.74) is 0.760. The Labute approximate surface area is 157 Å². The lowest BCUT2D eigenvalue weighted by Gasteiger charge is -2.34. The molecule has 1 heterocycles. The number of carbonyl (C=O) groups excluding carboxylic acids is 2. The number of aromatic nitrogens is 2. The van der Waals surface area contributed by atoms with E-state index in [0.29, 0.717) is 5.69 Å². The molecule has 2 aromatic rings. The van der Waals surface area contributed by atoms with Gasteiger partial charge in [-0.25, -0.2) is 0 Å². The number of nitrogens with zero attached hydrogens (tertiary/aromatic N) is 3. The summed E-state index contributed by atoms with van der Waals surface area (Å²) in [6.45, 7) is 6.00. The van der Waals surface area contributed by atoms with E-state index in [1.807, 2.05) is 51.1 Å². The normalized spacial score (nSPS) is 15.3. The van der Waals surface area contributed by atoms with E-state index in [4.69, 9.17) is 0 Å². The quantitative estimate of drug-likeness (QED) is 0.810. The molecule has 1 aliphatic rings. The van der Waals surface area contributed by atoms with Crippen LogP contribution in [0.15, 0.2) is 35.7 Å². The number of hydrogen-bond donors (Lipinski definition) is 1. The summed E-state index contributed by atoms with van der Waals surface area (Å²) in [6, 6.07) is 8.85. The summed E-state index contributed by atoms with van der Waals surface area (Å²) in [6.07, 6.45) is 2.60. The lowest BCUT2D eigenvalue weighted by atomic mass is 9.98. The van der Waals surface area contributed by atoms with Gasteiger partial charge >= 0.3 is 0 Å². The Morgan fingerprint density at radius 2 is 2.00 bits per heavy atom. The molecule has 0 aliphatic heterocycles. The molecule has 0 unspecified atom stereocenters. The largest absolute Gasteiger partial charge is 0.349 e. The SMILES string of the molecule is CCC(C)(C)NC(=O)[C@H](c1ccccc1)N(C(=O)c1csnn1)C1CC1. The average Bonchev–Trinajstić information content (AvgIpc) is 3.31. The van der Waals surface area contributed by atoms with Gasteiger partial charge in [-0.15, -0.1) is 5.10 Å². The number of carbonyl (C=O) groups is 2. The third-order valence-electron chi connectivity index (χ3n) is 4.74. The van der Waals surface area contributed by atoms with E-state index in [-0.39, 0.29) is 23.4 Å². The van der Waals surface area contributed by atoms with Crippen LogP contribution in [0, 0.1) is 0 Å². The Balaban J connectivity index is 1.98. The minimum absolute atomic E-state index is 0.0601. The third-order valence-corrected chi connectivity index (χ3v) is 5.25. The number of amides is 2. The summed E-state index contributed by atoms with van der Waals surface area (Å²) in [4.78, 5) is 28.0. The molecule has 26 heavy (non-hydrogen) atoms. The van der Waals surface area contributed by atoms with Crippen molar-refractivity contribution < 1.29 is 9.59 Å². The fraction of sp³-hybridized carbons (Fsp3) is 0.474. The maximum Gasteiger partial charge on any atom is 0.276 e. The molecule has 0 saturated heterocycles. The van der Waals surface area contributed by atoms with Crippen LogP contribution in [0.1, 0.15) is 62.1 Å². The molecule has 138 valence electrons. The van der Waals surface area contributed by atoms with Crippen LogP contribution in [0.5, 0.6) is 0 Å². The van der Waals surface area contributed by atoms with Crippen LogP contribution in [0.2, 0.25) is 0 Å². The number of nitrogens with one attached hydrogen (secondary N) is 1. The summed E-state index contributed by atoms with van der Waals surface area (Å²) in [5.74, 6) is -0.397. The molecule has 1 fully saturated rings.